The molecule has 3 aliphatic rings. The quantitative estimate of drug-likeness (QED) is 0.0536. The Balaban J connectivity index is 1.62. The first-order valence-corrected chi connectivity index (χ1v) is 20.5. The van der Waals surface area contributed by atoms with Gasteiger partial charge in [0, 0.05) is 31.1 Å². The van der Waals surface area contributed by atoms with Crippen LogP contribution in [0.5, 0.6) is 11.5 Å². The van der Waals surface area contributed by atoms with E-state index in [9.17, 15) is 20.1 Å². The van der Waals surface area contributed by atoms with Gasteiger partial charge in [0.15, 0.2) is 0 Å². The molecule has 1 aliphatic heterocycles. The van der Waals surface area contributed by atoms with E-state index in [1.165, 1.54) is 0 Å². The molecule has 56 heavy (non-hydrogen) atoms. The van der Waals surface area contributed by atoms with E-state index in [-0.39, 0.29) is 68.8 Å². The van der Waals surface area contributed by atoms with Gasteiger partial charge in [-0.25, -0.2) is 4.79 Å². The summed E-state index contributed by atoms with van der Waals surface area (Å²) in [5, 5.41) is 37.6. The summed E-state index contributed by atoms with van der Waals surface area (Å²) in [5.41, 5.74) is 2.76. The van der Waals surface area contributed by atoms with Crippen molar-refractivity contribution in [1.29, 1.82) is 0 Å². The van der Waals surface area contributed by atoms with Crippen LogP contribution in [0.3, 0.4) is 0 Å². The number of amides is 1. The molecule has 3 aromatic rings. The van der Waals surface area contributed by atoms with Crippen molar-refractivity contribution in [3.63, 3.8) is 0 Å². The third-order valence-corrected chi connectivity index (χ3v) is 11.4. The third kappa shape index (κ3) is 8.89. The number of benzene rings is 3. The number of aromatic hydroxyl groups is 1. The number of ether oxygens (including phenoxy) is 3. The minimum Gasteiger partial charge on any atom is -0.508 e. The van der Waals surface area contributed by atoms with Crippen molar-refractivity contribution in [2.24, 2.45) is 22.9 Å². The zero-order valence-corrected chi connectivity index (χ0v) is 33.6. The lowest BCUT2D eigenvalue weighted by molar-refractivity contribution is -0.256. The second-order valence-electron chi connectivity index (χ2n) is 16.1. The monoisotopic (exact) mass is 788 g/mol. The number of phenols is 1. The number of oxime groups is 1. The van der Waals surface area contributed by atoms with E-state index in [1.807, 2.05) is 63.2 Å². The molecular weight excluding hydrogens is 732 g/mol. The number of aliphatic hydroxyl groups is 2. The summed E-state index contributed by atoms with van der Waals surface area (Å²) in [6, 6.07) is 18.5. The van der Waals surface area contributed by atoms with Crippen LogP contribution >= 0.6 is 11.6 Å². The highest BCUT2D eigenvalue weighted by atomic mass is 35.5. The topological polar surface area (TPSA) is 130 Å². The van der Waals surface area contributed by atoms with Gasteiger partial charge in [-0.3, -0.25) is 4.90 Å². The molecule has 1 saturated carbocycles. The van der Waals surface area contributed by atoms with E-state index >= 15 is 0 Å². The van der Waals surface area contributed by atoms with Crippen LogP contribution in [0.4, 0.5) is 4.79 Å². The molecular formula is C45H57ClN2O8. The summed E-state index contributed by atoms with van der Waals surface area (Å²) < 4.78 is 20.1. The average molecular weight is 789 g/mol. The molecule has 1 fully saturated rings. The number of nitrogens with zero attached hydrogens (tertiary/aromatic N) is 2. The number of carbonyl (C=O) groups excluding carboxylic acids is 1. The number of carbonyl (C=O) groups is 1. The maximum Gasteiger partial charge on any atom is 0.410 e. The van der Waals surface area contributed by atoms with Gasteiger partial charge in [0.25, 0.3) is 0 Å². The number of unbranched alkanes of at least 4 members (excludes halogenated alkanes) is 2. The van der Waals surface area contributed by atoms with Crippen molar-refractivity contribution in [3.8, 4) is 11.5 Å². The van der Waals surface area contributed by atoms with Crippen LogP contribution in [-0.2, 0) is 20.9 Å². The normalized spacial score (nSPS) is 24.8. The van der Waals surface area contributed by atoms with E-state index in [0.29, 0.717) is 24.3 Å². The molecule has 0 spiro atoms. The van der Waals surface area contributed by atoms with Gasteiger partial charge in [-0.2, -0.15) is 0 Å². The second-order valence-corrected chi connectivity index (χ2v) is 16.4. The second kappa shape index (κ2) is 18.4. The van der Waals surface area contributed by atoms with E-state index in [2.05, 4.69) is 12.7 Å². The molecule has 302 valence electrons. The molecule has 0 saturated heterocycles. The van der Waals surface area contributed by atoms with Gasteiger partial charge in [-0.05, 0) is 98.4 Å². The molecule has 6 atom stereocenters. The molecule has 0 radical (unpaired) electrons. The van der Waals surface area contributed by atoms with Crippen molar-refractivity contribution >= 4 is 34.2 Å². The lowest BCUT2D eigenvalue weighted by Gasteiger charge is -2.60. The number of hydrogen-bond acceptors (Lipinski definition) is 9. The summed E-state index contributed by atoms with van der Waals surface area (Å²) in [7, 11) is 0. The first-order chi connectivity index (χ1) is 27.0. The fourth-order valence-corrected chi connectivity index (χ4v) is 9.05. The zero-order chi connectivity index (χ0) is 39.9. The molecule has 3 N–H and O–H groups in total. The number of alkyl halides is 1. The molecule has 6 rings (SSSR count). The van der Waals surface area contributed by atoms with Crippen molar-refractivity contribution < 1.29 is 39.2 Å². The minimum atomic E-state index is -1.47. The number of rotatable bonds is 17. The highest BCUT2D eigenvalue weighted by Crippen LogP contribution is 2.62. The molecule has 3 aromatic carbocycles. The van der Waals surface area contributed by atoms with Gasteiger partial charge >= 0.3 is 6.09 Å². The van der Waals surface area contributed by atoms with Crippen LogP contribution in [0.25, 0.3) is 10.8 Å². The van der Waals surface area contributed by atoms with E-state index in [4.69, 9.17) is 35.8 Å². The predicted octanol–water partition coefficient (Wildman–Crippen LogP) is 8.86. The Hall–Kier alpha value is -4.09. The van der Waals surface area contributed by atoms with Crippen LogP contribution in [0.15, 0.2) is 90.1 Å². The lowest BCUT2D eigenvalue weighted by atomic mass is 9.55. The van der Waals surface area contributed by atoms with E-state index in [0.717, 1.165) is 53.2 Å². The number of fused-ring (bicyclic) bond motifs is 3. The fraction of sp³-hybridized carbons (Fsp3) is 0.511. The lowest BCUT2D eigenvalue weighted by Crippen LogP contribution is -2.70. The Morgan fingerprint density at radius 3 is 2.54 bits per heavy atom. The summed E-state index contributed by atoms with van der Waals surface area (Å²) in [5.74, 6) is -1.33. The van der Waals surface area contributed by atoms with Crippen molar-refractivity contribution in [2.45, 2.75) is 95.6 Å². The number of aliphatic hydroxyl groups excluding tert-OH is 2. The van der Waals surface area contributed by atoms with Crippen molar-refractivity contribution in [2.75, 3.05) is 32.3 Å². The highest BCUT2D eigenvalue weighted by molar-refractivity contribution is 6.18. The Morgan fingerprint density at radius 2 is 1.80 bits per heavy atom. The largest absolute Gasteiger partial charge is 0.508 e. The number of phenolic OH excluding ortho intramolecular Hbond substituents is 1. The molecule has 1 heterocycles. The Bertz CT molecular complexity index is 1890. The van der Waals surface area contributed by atoms with Crippen LogP contribution in [0.2, 0.25) is 0 Å². The predicted molar refractivity (Wildman–Crippen MR) is 219 cm³/mol. The molecule has 10 nitrogen and oxygen atoms in total. The van der Waals surface area contributed by atoms with Crippen LogP contribution < -0.4 is 4.74 Å². The maximum atomic E-state index is 14.6. The summed E-state index contributed by atoms with van der Waals surface area (Å²) >= 11 is 6.10. The smallest absolute Gasteiger partial charge is 0.410 e. The Morgan fingerprint density at radius 1 is 1.05 bits per heavy atom. The van der Waals surface area contributed by atoms with Gasteiger partial charge in [-0.15, -0.1) is 18.2 Å². The molecule has 11 heteroatoms. The van der Waals surface area contributed by atoms with Crippen LogP contribution in [0.1, 0.15) is 82.8 Å². The van der Waals surface area contributed by atoms with Gasteiger partial charge in [0.05, 0.1) is 30.7 Å². The van der Waals surface area contributed by atoms with Crippen LogP contribution in [-0.4, -0.2) is 81.8 Å². The molecule has 0 bridgehead atoms. The standard InChI is InChI=1S/C45H57ClN2O8/c1-5-24-54-45-40(48(43(52)53-25-21-46)29-32-16-12-15-30-13-6-7-17-34(30)32)28-38(47-56-44(2,3)4)36-26-31(14-8-10-22-49)35(18-9-11-23-50)41(42(36)45)37-27-33(51)19-20-39(37)55-45/h5-7,12-13,15-17,19-20,26-27,31,35,40-42,49-51H,1,8-11,14,18,21-25,28-29H2,2-4H3. The van der Waals surface area contributed by atoms with Crippen LogP contribution in [0, 0.1) is 17.8 Å². The Labute approximate surface area is 335 Å². The first kappa shape index (κ1) is 41.5. The van der Waals surface area contributed by atoms with Crippen molar-refractivity contribution in [1.82, 2.24) is 4.90 Å². The molecule has 0 aromatic heterocycles. The summed E-state index contributed by atoms with van der Waals surface area (Å²) in [6.45, 7) is 10.3. The molecule has 1 amide bonds. The number of allylic oxidation sites excluding steroid dienone is 1. The minimum absolute atomic E-state index is 0.0103. The zero-order valence-electron chi connectivity index (χ0n) is 32.9. The molecule has 6 unspecified atom stereocenters. The fourth-order valence-electron chi connectivity index (χ4n) is 8.97. The third-order valence-electron chi connectivity index (χ3n) is 11.2. The highest BCUT2D eigenvalue weighted by Gasteiger charge is 2.65. The van der Waals surface area contributed by atoms with Gasteiger partial charge < -0.3 is 34.4 Å². The summed E-state index contributed by atoms with van der Waals surface area (Å²) in [4.78, 5) is 22.5. The van der Waals surface area contributed by atoms with E-state index < -0.39 is 29.4 Å². The number of hydrogen-bond donors (Lipinski definition) is 3. The van der Waals surface area contributed by atoms with Gasteiger partial charge in [0.1, 0.15) is 29.7 Å². The summed E-state index contributed by atoms with van der Waals surface area (Å²) in [6.07, 6.45) is 8.17. The average Bonchev–Trinajstić information content (AvgIpc) is 3.18. The van der Waals surface area contributed by atoms with E-state index in [1.54, 1.807) is 29.2 Å². The first-order valence-electron chi connectivity index (χ1n) is 20.0. The maximum absolute atomic E-state index is 14.6. The SMILES string of the molecule is C=CCOC12Oc3ccc(O)cc3C3C(CCCCO)C(CCCCO)C=C(C(=NOC(C)(C)C)CC1N(Cc1cccc4ccccc14)C(=O)OCCCl)C32. The molecule has 2 aliphatic carbocycles. The Kier molecular flexibility index (Phi) is 13.7. The number of halogens is 1. The van der Waals surface area contributed by atoms with Gasteiger partial charge in [-0.1, -0.05) is 72.6 Å². The van der Waals surface area contributed by atoms with Gasteiger partial charge in [0.2, 0.25) is 5.79 Å². The van der Waals surface area contributed by atoms with Crippen molar-refractivity contribution in [3.05, 3.63) is 96.1 Å².